The Balaban J connectivity index is 1.96. The first kappa shape index (κ1) is 10.5. The van der Waals surface area contributed by atoms with E-state index >= 15 is 0 Å². The summed E-state index contributed by atoms with van der Waals surface area (Å²) in [7, 11) is 1.85. The molecule has 1 saturated heterocycles. The van der Waals surface area contributed by atoms with Gasteiger partial charge in [0.25, 0.3) is 0 Å². The van der Waals surface area contributed by atoms with E-state index < -0.39 is 0 Å². The van der Waals surface area contributed by atoms with Crippen molar-refractivity contribution in [2.24, 2.45) is 0 Å². The Morgan fingerprint density at radius 1 is 1.27 bits per heavy atom. The van der Waals surface area contributed by atoms with Crippen LogP contribution in [-0.4, -0.2) is 34.6 Å². The predicted molar refractivity (Wildman–Crippen MR) is 65.5 cm³/mol. The lowest BCUT2D eigenvalue weighted by molar-refractivity contribution is 0.663. The lowest BCUT2D eigenvalue weighted by atomic mass is 10.1. The topological polar surface area (TPSA) is 49.8 Å². The molecule has 15 heavy (non-hydrogen) atoms. The Bertz CT molecular complexity index is 312. The molecular weight excluding hydrogens is 208 g/mol. The van der Waals surface area contributed by atoms with E-state index in [-0.39, 0.29) is 0 Å². The van der Waals surface area contributed by atoms with Crippen molar-refractivity contribution in [3.05, 3.63) is 12.4 Å². The normalized spacial score (nSPS) is 17.4. The van der Waals surface area contributed by atoms with Crippen LogP contribution in [0.4, 0.5) is 11.6 Å². The minimum Gasteiger partial charge on any atom is -0.372 e. The summed E-state index contributed by atoms with van der Waals surface area (Å²) < 4.78 is 0. The predicted octanol–water partition coefficient (Wildman–Crippen LogP) is 1.83. The van der Waals surface area contributed by atoms with Crippen molar-refractivity contribution in [2.75, 3.05) is 29.2 Å². The van der Waals surface area contributed by atoms with Crippen molar-refractivity contribution in [2.45, 2.75) is 18.9 Å². The molecule has 82 valence electrons. The number of nitrogens with one attached hydrogen (secondary N) is 2. The number of anilines is 2. The molecule has 0 unspecified atom stereocenters. The van der Waals surface area contributed by atoms with Crippen LogP contribution in [0.1, 0.15) is 12.8 Å². The summed E-state index contributed by atoms with van der Waals surface area (Å²) in [5, 5.41) is 6.42. The van der Waals surface area contributed by atoms with Gasteiger partial charge >= 0.3 is 0 Å². The summed E-state index contributed by atoms with van der Waals surface area (Å²) in [6.07, 6.45) is 5.94. The first-order valence-electron chi connectivity index (χ1n) is 5.22. The van der Waals surface area contributed by atoms with Gasteiger partial charge in [-0.05, 0) is 24.3 Å². The van der Waals surface area contributed by atoms with E-state index in [2.05, 4.69) is 20.6 Å². The smallest absolute Gasteiger partial charge is 0.147 e. The lowest BCUT2D eigenvalue weighted by Gasteiger charge is -2.22. The Labute approximate surface area is 94.3 Å². The van der Waals surface area contributed by atoms with Crippen LogP contribution in [0.25, 0.3) is 0 Å². The maximum absolute atomic E-state index is 4.39. The summed E-state index contributed by atoms with van der Waals surface area (Å²) >= 11 is 2.03. The largest absolute Gasteiger partial charge is 0.372 e. The molecule has 0 spiro atoms. The Morgan fingerprint density at radius 3 is 2.73 bits per heavy atom. The van der Waals surface area contributed by atoms with Crippen LogP contribution in [0.2, 0.25) is 0 Å². The quantitative estimate of drug-likeness (QED) is 0.820. The minimum absolute atomic E-state index is 0.563. The molecule has 0 atom stereocenters. The third-order valence-corrected chi connectivity index (χ3v) is 3.51. The third kappa shape index (κ3) is 2.99. The number of hydrogen-bond acceptors (Lipinski definition) is 5. The number of hydrogen-bond donors (Lipinski definition) is 2. The second-order valence-electron chi connectivity index (χ2n) is 3.57. The minimum atomic E-state index is 0.563. The van der Waals surface area contributed by atoms with Gasteiger partial charge in [0, 0.05) is 13.1 Å². The zero-order valence-corrected chi connectivity index (χ0v) is 9.68. The Hall–Kier alpha value is -0.970. The molecule has 0 saturated carbocycles. The fourth-order valence-corrected chi connectivity index (χ4v) is 2.71. The molecule has 2 N–H and O–H groups in total. The first-order chi connectivity index (χ1) is 7.38. The van der Waals surface area contributed by atoms with Gasteiger partial charge in [-0.25, -0.2) is 4.98 Å². The van der Waals surface area contributed by atoms with Gasteiger partial charge in [-0.1, -0.05) is 0 Å². The van der Waals surface area contributed by atoms with Gasteiger partial charge in [0.2, 0.25) is 0 Å². The number of nitrogens with zero attached hydrogens (tertiary/aromatic N) is 2. The highest BCUT2D eigenvalue weighted by atomic mass is 32.2. The molecule has 5 heteroatoms. The molecule has 4 nitrogen and oxygen atoms in total. The van der Waals surface area contributed by atoms with Gasteiger partial charge < -0.3 is 10.6 Å². The van der Waals surface area contributed by atoms with Crippen molar-refractivity contribution in [3.63, 3.8) is 0 Å². The summed E-state index contributed by atoms with van der Waals surface area (Å²) in [4.78, 5) is 8.52. The average molecular weight is 224 g/mol. The van der Waals surface area contributed by atoms with Gasteiger partial charge in [0.1, 0.15) is 11.6 Å². The van der Waals surface area contributed by atoms with Gasteiger partial charge in [0.15, 0.2) is 0 Å². The number of rotatable bonds is 3. The van der Waals surface area contributed by atoms with E-state index in [1.165, 1.54) is 24.3 Å². The second kappa shape index (κ2) is 5.21. The maximum atomic E-state index is 4.39. The summed E-state index contributed by atoms with van der Waals surface area (Å²) in [6.45, 7) is 0. The van der Waals surface area contributed by atoms with E-state index in [0.29, 0.717) is 6.04 Å². The van der Waals surface area contributed by atoms with Gasteiger partial charge in [0.05, 0.1) is 12.4 Å². The van der Waals surface area contributed by atoms with Crippen molar-refractivity contribution in [1.29, 1.82) is 0 Å². The molecule has 0 aliphatic carbocycles. The average Bonchev–Trinajstić information content (AvgIpc) is 2.31. The lowest BCUT2D eigenvalue weighted by Crippen LogP contribution is -2.25. The molecular formula is C10H16N4S. The summed E-state index contributed by atoms with van der Waals surface area (Å²) in [5.41, 5.74) is 0. The van der Waals surface area contributed by atoms with Crippen molar-refractivity contribution >= 4 is 23.4 Å². The zero-order valence-electron chi connectivity index (χ0n) is 8.86. The van der Waals surface area contributed by atoms with Crippen LogP contribution >= 0.6 is 11.8 Å². The molecule has 0 radical (unpaired) electrons. The molecule has 0 bridgehead atoms. The van der Waals surface area contributed by atoms with Crippen LogP contribution in [-0.2, 0) is 0 Å². The molecule has 1 fully saturated rings. The highest BCUT2D eigenvalue weighted by Gasteiger charge is 2.13. The molecule has 1 aliphatic heterocycles. The molecule has 1 aromatic rings. The fraction of sp³-hybridized carbons (Fsp3) is 0.600. The molecule has 1 aromatic heterocycles. The Kier molecular flexibility index (Phi) is 3.66. The standard InChI is InChI=1S/C10H16N4S/c1-11-9-6-12-7-10(14-9)13-8-2-4-15-5-3-8/h6-8H,2-5H2,1H3,(H2,11,13,14). The van der Waals surface area contributed by atoms with E-state index in [1.807, 2.05) is 18.8 Å². The molecule has 2 rings (SSSR count). The van der Waals surface area contributed by atoms with E-state index in [0.717, 1.165) is 11.6 Å². The molecule has 0 aromatic carbocycles. The fourth-order valence-electron chi connectivity index (χ4n) is 1.61. The van der Waals surface area contributed by atoms with Crippen LogP contribution in [0.5, 0.6) is 0 Å². The highest BCUT2D eigenvalue weighted by molar-refractivity contribution is 7.99. The molecule has 2 heterocycles. The van der Waals surface area contributed by atoms with Gasteiger partial charge in [-0.2, -0.15) is 11.8 Å². The van der Waals surface area contributed by atoms with Crippen molar-refractivity contribution in [1.82, 2.24) is 9.97 Å². The van der Waals surface area contributed by atoms with Crippen LogP contribution in [0, 0.1) is 0 Å². The van der Waals surface area contributed by atoms with E-state index in [1.54, 1.807) is 12.4 Å². The molecule has 0 amide bonds. The second-order valence-corrected chi connectivity index (χ2v) is 4.80. The van der Waals surface area contributed by atoms with E-state index in [9.17, 15) is 0 Å². The van der Waals surface area contributed by atoms with Crippen molar-refractivity contribution < 1.29 is 0 Å². The van der Waals surface area contributed by atoms with E-state index in [4.69, 9.17) is 0 Å². The van der Waals surface area contributed by atoms with Crippen molar-refractivity contribution in [3.8, 4) is 0 Å². The molecule has 1 aliphatic rings. The number of thioether (sulfide) groups is 1. The van der Waals surface area contributed by atoms with Crippen LogP contribution in [0.3, 0.4) is 0 Å². The third-order valence-electron chi connectivity index (χ3n) is 2.46. The zero-order chi connectivity index (χ0) is 10.5. The summed E-state index contributed by atoms with van der Waals surface area (Å²) in [6, 6.07) is 0.563. The van der Waals surface area contributed by atoms with Gasteiger partial charge in [-0.15, -0.1) is 0 Å². The first-order valence-corrected chi connectivity index (χ1v) is 6.38. The summed E-state index contributed by atoms with van der Waals surface area (Å²) in [5.74, 6) is 4.18. The Morgan fingerprint density at radius 2 is 2.00 bits per heavy atom. The highest BCUT2D eigenvalue weighted by Crippen LogP contribution is 2.20. The maximum Gasteiger partial charge on any atom is 0.147 e. The van der Waals surface area contributed by atoms with Gasteiger partial charge in [-0.3, -0.25) is 4.98 Å². The SMILES string of the molecule is CNc1cncc(NC2CCSCC2)n1. The van der Waals surface area contributed by atoms with Crippen LogP contribution in [0.15, 0.2) is 12.4 Å². The van der Waals surface area contributed by atoms with Crippen LogP contribution < -0.4 is 10.6 Å². The monoisotopic (exact) mass is 224 g/mol. The number of aromatic nitrogens is 2.